The van der Waals surface area contributed by atoms with E-state index >= 15 is 0 Å². The van der Waals surface area contributed by atoms with Crippen molar-refractivity contribution in [3.63, 3.8) is 0 Å². The summed E-state index contributed by atoms with van der Waals surface area (Å²) in [5.74, 6) is 0. The number of para-hydroxylation sites is 1. The molecule has 0 radical (unpaired) electrons. The fourth-order valence-electron chi connectivity index (χ4n) is 1.43. The van der Waals surface area contributed by atoms with E-state index in [1.807, 2.05) is 37.3 Å². The number of aryl methyl sites for hydroxylation is 1. The fourth-order valence-corrected chi connectivity index (χ4v) is 1.79. The second kappa shape index (κ2) is 5.33. The van der Waals surface area contributed by atoms with E-state index in [0.29, 0.717) is 4.77 Å². The van der Waals surface area contributed by atoms with Crippen LogP contribution in [0.3, 0.4) is 0 Å². The topological polar surface area (TPSA) is 37.8 Å². The molecule has 2 aromatic rings. The average molecular weight is 284 g/mol. The molecule has 0 aliphatic rings. The minimum atomic E-state index is -0.109. The van der Waals surface area contributed by atoms with Crippen molar-refractivity contribution in [1.82, 2.24) is 9.55 Å². The number of nitrogens with one attached hydrogen (secondary N) is 1. The Morgan fingerprint density at radius 1 is 1.25 bits per heavy atom. The van der Waals surface area contributed by atoms with Crippen LogP contribution in [0, 0.1) is 11.7 Å². The smallest absolute Gasteiger partial charge is 0.259 e. The third-order valence-electron chi connectivity index (χ3n) is 2.08. The molecular formula is C11H10N2OSZn. The molecule has 1 aromatic carbocycles. The van der Waals surface area contributed by atoms with Crippen LogP contribution in [0.5, 0.6) is 0 Å². The minimum absolute atomic E-state index is 0. The van der Waals surface area contributed by atoms with Gasteiger partial charge in [-0.2, -0.15) is 0 Å². The molecule has 1 heterocycles. The summed E-state index contributed by atoms with van der Waals surface area (Å²) in [7, 11) is 0. The molecule has 1 N–H and O–H groups in total. The number of hydrogen-bond donors (Lipinski definition) is 1. The largest absolute Gasteiger partial charge is 0.336 e. The Bertz CT molecular complexity index is 558. The van der Waals surface area contributed by atoms with E-state index in [4.69, 9.17) is 12.2 Å². The summed E-state index contributed by atoms with van der Waals surface area (Å²) in [4.78, 5) is 14.7. The molecule has 0 aliphatic heterocycles. The first-order chi connectivity index (χ1) is 7.18. The molecule has 0 bridgehead atoms. The molecule has 2 rings (SSSR count). The van der Waals surface area contributed by atoms with E-state index in [-0.39, 0.29) is 25.0 Å². The first kappa shape index (κ1) is 13.0. The Morgan fingerprint density at radius 2 is 1.88 bits per heavy atom. The summed E-state index contributed by atoms with van der Waals surface area (Å²) in [6, 6.07) is 10.9. The van der Waals surface area contributed by atoms with Crippen molar-refractivity contribution < 1.29 is 19.5 Å². The minimum Gasteiger partial charge on any atom is -0.336 e. The summed E-state index contributed by atoms with van der Waals surface area (Å²) in [6.07, 6.45) is 0. The number of hydrogen-bond acceptors (Lipinski definition) is 2. The van der Waals surface area contributed by atoms with Crippen molar-refractivity contribution in [3.8, 4) is 5.69 Å². The number of aromatic amines is 1. The quantitative estimate of drug-likeness (QED) is 0.644. The maximum atomic E-state index is 11.7. The van der Waals surface area contributed by atoms with Gasteiger partial charge in [0.25, 0.3) is 5.56 Å². The molecule has 0 saturated heterocycles. The Kier molecular flexibility index (Phi) is 4.33. The van der Waals surface area contributed by atoms with Crippen molar-refractivity contribution in [1.29, 1.82) is 0 Å². The van der Waals surface area contributed by atoms with E-state index in [1.165, 1.54) is 10.6 Å². The van der Waals surface area contributed by atoms with Crippen molar-refractivity contribution in [3.05, 3.63) is 57.2 Å². The molecule has 0 amide bonds. The molecule has 0 unspecified atom stereocenters. The van der Waals surface area contributed by atoms with E-state index in [0.717, 1.165) is 11.4 Å². The number of nitrogens with zero attached hydrogens (tertiary/aromatic N) is 1. The van der Waals surface area contributed by atoms with E-state index in [9.17, 15) is 4.79 Å². The van der Waals surface area contributed by atoms with Crippen LogP contribution in [0.4, 0.5) is 0 Å². The van der Waals surface area contributed by atoms with Gasteiger partial charge in [0.15, 0.2) is 4.77 Å². The normalized spacial score (nSPS) is 9.56. The van der Waals surface area contributed by atoms with Gasteiger partial charge in [0, 0.05) is 31.2 Å². The van der Waals surface area contributed by atoms with Gasteiger partial charge >= 0.3 is 0 Å². The molecule has 0 aliphatic carbocycles. The van der Waals surface area contributed by atoms with E-state index in [1.54, 1.807) is 0 Å². The molecule has 16 heavy (non-hydrogen) atoms. The van der Waals surface area contributed by atoms with Gasteiger partial charge in [-0.05, 0) is 31.3 Å². The maximum absolute atomic E-state index is 11.7. The SMILES string of the molecule is Cc1cc(=O)n(-c2ccccc2)c(=S)[nH]1.[Zn]. The standard InChI is InChI=1S/C11H10N2OS.Zn/c1-8-7-10(14)13(11(15)12-8)9-5-3-2-4-6-9;/h2-7H,1H3,(H,12,15);. The van der Waals surface area contributed by atoms with E-state index in [2.05, 4.69) is 4.98 Å². The van der Waals surface area contributed by atoms with Crippen molar-refractivity contribution >= 4 is 12.2 Å². The summed E-state index contributed by atoms with van der Waals surface area (Å²) < 4.78 is 1.90. The average Bonchev–Trinajstić information content (AvgIpc) is 2.17. The zero-order valence-electron chi connectivity index (χ0n) is 8.93. The summed E-state index contributed by atoms with van der Waals surface area (Å²) in [6.45, 7) is 1.81. The molecular weight excluding hydrogens is 274 g/mol. The third kappa shape index (κ3) is 2.54. The first-order valence-corrected chi connectivity index (χ1v) is 4.98. The van der Waals surface area contributed by atoms with Gasteiger partial charge < -0.3 is 4.98 Å². The number of rotatable bonds is 1. The Balaban J connectivity index is 0.00000128. The van der Waals surface area contributed by atoms with Gasteiger partial charge in [0.2, 0.25) is 0 Å². The molecule has 5 heteroatoms. The zero-order chi connectivity index (χ0) is 10.8. The maximum Gasteiger partial charge on any atom is 0.259 e. The van der Waals surface area contributed by atoms with Crippen molar-refractivity contribution in [2.24, 2.45) is 0 Å². The number of aromatic nitrogens is 2. The van der Waals surface area contributed by atoms with Crippen LogP contribution in [0.2, 0.25) is 0 Å². The van der Waals surface area contributed by atoms with Crippen LogP contribution >= 0.6 is 12.2 Å². The van der Waals surface area contributed by atoms with Crippen LogP contribution < -0.4 is 5.56 Å². The Hall–Kier alpha value is -1.06. The van der Waals surface area contributed by atoms with Gasteiger partial charge in [-0.3, -0.25) is 9.36 Å². The van der Waals surface area contributed by atoms with Crippen LogP contribution in [-0.2, 0) is 19.5 Å². The summed E-state index contributed by atoms with van der Waals surface area (Å²) in [5, 5.41) is 0. The second-order valence-corrected chi connectivity index (χ2v) is 3.65. The molecule has 78 valence electrons. The zero-order valence-corrected chi connectivity index (χ0v) is 12.7. The predicted octanol–water partition coefficient (Wildman–Crippen LogP) is 2.20. The van der Waals surface area contributed by atoms with Crippen LogP contribution in [0.1, 0.15) is 5.69 Å². The predicted molar refractivity (Wildman–Crippen MR) is 62.0 cm³/mol. The van der Waals surface area contributed by atoms with Gasteiger partial charge in [-0.1, -0.05) is 18.2 Å². The molecule has 0 atom stereocenters. The van der Waals surface area contributed by atoms with Gasteiger partial charge in [0.1, 0.15) is 0 Å². The Morgan fingerprint density at radius 3 is 2.44 bits per heavy atom. The van der Waals surface area contributed by atoms with Crippen molar-refractivity contribution in [2.45, 2.75) is 6.92 Å². The van der Waals surface area contributed by atoms with Crippen LogP contribution in [0.15, 0.2) is 41.2 Å². The molecule has 0 spiro atoms. The molecule has 0 fully saturated rings. The van der Waals surface area contributed by atoms with Gasteiger partial charge in [-0.25, -0.2) is 0 Å². The summed E-state index contributed by atoms with van der Waals surface area (Å²) in [5.41, 5.74) is 1.45. The number of benzene rings is 1. The summed E-state index contributed by atoms with van der Waals surface area (Å²) >= 11 is 5.12. The van der Waals surface area contributed by atoms with Gasteiger partial charge in [-0.15, -0.1) is 0 Å². The second-order valence-electron chi connectivity index (χ2n) is 3.27. The number of H-pyrrole nitrogens is 1. The Labute approximate surface area is 111 Å². The van der Waals surface area contributed by atoms with Gasteiger partial charge in [0.05, 0.1) is 5.69 Å². The first-order valence-electron chi connectivity index (χ1n) is 4.57. The molecule has 0 saturated carbocycles. The fraction of sp³-hybridized carbons (Fsp3) is 0.0909. The molecule has 1 aromatic heterocycles. The third-order valence-corrected chi connectivity index (χ3v) is 2.37. The van der Waals surface area contributed by atoms with Crippen molar-refractivity contribution in [2.75, 3.05) is 0 Å². The van der Waals surface area contributed by atoms with Crippen LogP contribution in [0.25, 0.3) is 5.69 Å². The van der Waals surface area contributed by atoms with Crippen LogP contribution in [-0.4, -0.2) is 9.55 Å². The van der Waals surface area contributed by atoms with E-state index < -0.39 is 0 Å². The monoisotopic (exact) mass is 282 g/mol. The molecule has 3 nitrogen and oxygen atoms in total.